The van der Waals surface area contributed by atoms with Crippen LogP contribution in [0, 0.1) is 16.0 Å². The van der Waals surface area contributed by atoms with Gasteiger partial charge < -0.3 is 14.9 Å². The van der Waals surface area contributed by atoms with Crippen LogP contribution in [0.25, 0.3) is 0 Å². The van der Waals surface area contributed by atoms with E-state index in [0.29, 0.717) is 13.2 Å². The number of ether oxygens (including phenoxy) is 1. The first-order valence-corrected chi connectivity index (χ1v) is 4.95. The fraction of sp³-hybridized carbons (Fsp3) is 0.556. The summed E-state index contributed by atoms with van der Waals surface area (Å²) in [4.78, 5) is 21.5. The number of carbonyl (C=O) groups is 1. The fourth-order valence-corrected chi connectivity index (χ4v) is 1.61. The van der Waals surface area contributed by atoms with Crippen LogP contribution in [-0.2, 0) is 16.1 Å². The predicted molar refractivity (Wildman–Crippen MR) is 52.8 cm³/mol. The van der Waals surface area contributed by atoms with Gasteiger partial charge in [-0.2, -0.15) is 4.68 Å². The summed E-state index contributed by atoms with van der Waals surface area (Å²) in [5.41, 5.74) is 0. The molecule has 0 aliphatic carbocycles. The van der Waals surface area contributed by atoms with Gasteiger partial charge >= 0.3 is 5.82 Å². The molecule has 0 radical (unpaired) electrons. The van der Waals surface area contributed by atoms with Crippen molar-refractivity contribution in [3.8, 4) is 0 Å². The highest BCUT2D eigenvalue weighted by molar-refractivity contribution is 5.81. The summed E-state index contributed by atoms with van der Waals surface area (Å²) in [5.74, 6) is -0.325. The molecule has 1 aliphatic rings. The van der Waals surface area contributed by atoms with Crippen LogP contribution < -0.4 is 0 Å². The molecule has 16 heavy (non-hydrogen) atoms. The Bertz CT molecular complexity index is 409. The lowest BCUT2D eigenvalue weighted by Crippen LogP contribution is -2.20. The Morgan fingerprint density at radius 2 is 2.56 bits per heavy atom. The molecule has 1 unspecified atom stereocenters. The van der Waals surface area contributed by atoms with Gasteiger partial charge in [0, 0.05) is 12.5 Å². The van der Waals surface area contributed by atoms with Gasteiger partial charge in [0.25, 0.3) is 0 Å². The summed E-state index contributed by atoms with van der Waals surface area (Å²) < 4.78 is 6.39. The highest BCUT2D eigenvalue weighted by Gasteiger charge is 2.24. The second kappa shape index (κ2) is 4.40. The van der Waals surface area contributed by atoms with Crippen molar-refractivity contribution in [2.45, 2.75) is 13.0 Å². The van der Waals surface area contributed by atoms with E-state index < -0.39 is 4.92 Å². The maximum absolute atomic E-state index is 11.7. The van der Waals surface area contributed by atoms with E-state index in [9.17, 15) is 14.9 Å². The SMILES string of the molecule is O=C(Cn1ccc([N+](=O)[O-])n1)C1CCOC1. The molecule has 7 heteroatoms. The second-order valence-electron chi connectivity index (χ2n) is 3.66. The number of hydrogen-bond donors (Lipinski definition) is 0. The number of Topliss-reactive ketones (excluding diaryl/α,β-unsaturated/α-hetero) is 1. The third kappa shape index (κ3) is 2.25. The topological polar surface area (TPSA) is 87.3 Å². The quantitative estimate of drug-likeness (QED) is 0.546. The van der Waals surface area contributed by atoms with Crippen LogP contribution in [0.3, 0.4) is 0 Å². The van der Waals surface area contributed by atoms with Crippen LogP contribution in [0.1, 0.15) is 6.42 Å². The normalized spacial score (nSPS) is 19.9. The van der Waals surface area contributed by atoms with Gasteiger partial charge in [-0.25, -0.2) is 0 Å². The number of carbonyl (C=O) groups excluding carboxylic acids is 1. The van der Waals surface area contributed by atoms with Gasteiger partial charge in [-0.05, 0) is 11.3 Å². The highest BCUT2D eigenvalue weighted by Crippen LogP contribution is 2.14. The Hall–Kier alpha value is -1.76. The van der Waals surface area contributed by atoms with Gasteiger partial charge in [0.15, 0.2) is 5.78 Å². The van der Waals surface area contributed by atoms with Crippen LogP contribution in [-0.4, -0.2) is 33.7 Å². The molecule has 0 N–H and O–H groups in total. The minimum atomic E-state index is -0.584. The molecule has 7 nitrogen and oxygen atoms in total. The molecule has 86 valence electrons. The zero-order valence-corrected chi connectivity index (χ0v) is 8.54. The monoisotopic (exact) mass is 225 g/mol. The molecule has 1 aliphatic heterocycles. The molecule has 2 heterocycles. The van der Waals surface area contributed by atoms with Crippen LogP contribution in [0.2, 0.25) is 0 Å². The lowest BCUT2D eigenvalue weighted by Gasteiger charge is -2.03. The maximum Gasteiger partial charge on any atom is 0.389 e. The Labute approximate surface area is 91.2 Å². The Balaban J connectivity index is 1.97. The van der Waals surface area contributed by atoms with Gasteiger partial charge in [0.1, 0.15) is 6.54 Å². The van der Waals surface area contributed by atoms with Crippen molar-refractivity contribution in [3.05, 3.63) is 22.4 Å². The molecule has 0 amide bonds. The van der Waals surface area contributed by atoms with Crippen LogP contribution in [0.15, 0.2) is 12.3 Å². The number of rotatable bonds is 4. The summed E-state index contributed by atoms with van der Waals surface area (Å²) in [5, 5.41) is 14.1. The highest BCUT2D eigenvalue weighted by atomic mass is 16.6. The summed E-state index contributed by atoms with van der Waals surface area (Å²) in [6, 6.07) is 1.28. The largest absolute Gasteiger partial charge is 0.389 e. The number of nitro groups is 1. The molecule has 0 bridgehead atoms. The standard InChI is InChI=1S/C9H11N3O4/c13-8(7-2-4-16-6-7)5-11-3-1-9(10-11)12(14)15/h1,3,7H,2,4-6H2. The predicted octanol–water partition coefficient (Wildman–Crippen LogP) is 0.397. The van der Waals surface area contributed by atoms with E-state index >= 15 is 0 Å². The van der Waals surface area contributed by atoms with E-state index in [0.717, 1.165) is 6.42 Å². The van der Waals surface area contributed by atoms with Gasteiger partial charge in [-0.3, -0.25) is 4.79 Å². The third-order valence-corrected chi connectivity index (χ3v) is 2.52. The van der Waals surface area contributed by atoms with Gasteiger partial charge in [-0.1, -0.05) is 0 Å². The van der Waals surface area contributed by atoms with Crippen molar-refractivity contribution in [1.29, 1.82) is 0 Å². The molecule has 0 saturated carbocycles. The first kappa shape index (κ1) is 10.7. The van der Waals surface area contributed by atoms with Gasteiger partial charge in [-0.15, -0.1) is 0 Å². The second-order valence-corrected chi connectivity index (χ2v) is 3.66. The third-order valence-electron chi connectivity index (χ3n) is 2.52. The first-order valence-electron chi connectivity index (χ1n) is 4.95. The van der Waals surface area contributed by atoms with E-state index in [1.807, 2.05) is 0 Å². The minimum absolute atomic E-state index is 0.00972. The minimum Gasteiger partial charge on any atom is -0.381 e. The summed E-state index contributed by atoms with van der Waals surface area (Å²) in [6.07, 6.45) is 2.16. The number of hydrogen-bond acceptors (Lipinski definition) is 5. The average molecular weight is 225 g/mol. The first-order chi connectivity index (χ1) is 7.66. The van der Waals surface area contributed by atoms with Crippen molar-refractivity contribution in [3.63, 3.8) is 0 Å². The van der Waals surface area contributed by atoms with E-state index in [-0.39, 0.29) is 24.1 Å². The molecule has 2 rings (SSSR count). The number of ketones is 1. The number of aromatic nitrogens is 2. The van der Waals surface area contributed by atoms with E-state index in [1.165, 1.54) is 16.9 Å². The van der Waals surface area contributed by atoms with Gasteiger partial charge in [0.2, 0.25) is 0 Å². The number of nitrogens with zero attached hydrogens (tertiary/aromatic N) is 3. The molecule has 1 saturated heterocycles. The van der Waals surface area contributed by atoms with Crippen LogP contribution >= 0.6 is 0 Å². The maximum atomic E-state index is 11.7. The van der Waals surface area contributed by atoms with Crippen molar-refractivity contribution >= 4 is 11.6 Å². The Morgan fingerprint density at radius 3 is 3.12 bits per heavy atom. The zero-order chi connectivity index (χ0) is 11.5. The lowest BCUT2D eigenvalue weighted by atomic mass is 10.0. The molecule has 1 aromatic rings. The molecule has 0 spiro atoms. The Kier molecular flexibility index (Phi) is 2.95. The van der Waals surface area contributed by atoms with E-state index in [1.54, 1.807) is 0 Å². The molecule has 1 atom stereocenters. The van der Waals surface area contributed by atoms with Crippen molar-refractivity contribution in [1.82, 2.24) is 9.78 Å². The Morgan fingerprint density at radius 1 is 1.75 bits per heavy atom. The van der Waals surface area contributed by atoms with E-state index in [2.05, 4.69) is 5.10 Å². The van der Waals surface area contributed by atoms with Gasteiger partial charge in [0.05, 0.1) is 24.0 Å². The molecular weight excluding hydrogens is 214 g/mol. The molecule has 1 fully saturated rings. The van der Waals surface area contributed by atoms with Crippen molar-refractivity contribution in [2.75, 3.05) is 13.2 Å². The molecular formula is C9H11N3O4. The lowest BCUT2D eigenvalue weighted by molar-refractivity contribution is -0.389. The van der Waals surface area contributed by atoms with Crippen molar-refractivity contribution in [2.24, 2.45) is 5.92 Å². The van der Waals surface area contributed by atoms with Crippen LogP contribution in [0.4, 0.5) is 5.82 Å². The fourth-order valence-electron chi connectivity index (χ4n) is 1.61. The zero-order valence-electron chi connectivity index (χ0n) is 8.54. The molecule has 1 aromatic heterocycles. The average Bonchev–Trinajstić information content (AvgIpc) is 2.87. The molecule has 0 aromatic carbocycles. The summed E-state index contributed by atoms with van der Waals surface area (Å²) in [7, 11) is 0. The summed E-state index contributed by atoms with van der Waals surface area (Å²) in [6.45, 7) is 1.12. The van der Waals surface area contributed by atoms with E-state index in [4.69, 9.17) is 4.74 Å². The van der Waals surface area contributed by atoms with Crippen molar-refractivity contribution < 1.29 is 14.5 Å². The smallest absolute Gasteiger partial charge is 0.381 e. The van der Waals surface area contributed by atoms with Crippen LogP contribution in [0.5, 0.6) is 0 Å². The summed E-state index contributed by atoms with van der Waals surface area (Å²) >= 11 is 0.